The standard InChI is InChI=1S/C16H23NO3S/c1-3-4-13(16(19)20)11-17-15(18)9-10-21-14-7-5-12(2)6-8-14/h5-8,13H,3-4,9-11H2,1-2H3,(H,17,18)(H,19,20). The van der Waals surface area contributed by atoms with Gasteiger partial charge in [-0.1, -0.05) is 31.0 Å². The molecule has 1 amide bonds. The molecule has 1 aromatic rings. The number of carbonyl (C=O) groups is 2. The minimum Gasteiger partial charge on any atom is -0.481 e. The van der Waals surface area contributed by atoms with Crippen LogP contribution in [0, 0.1) is 12.8 Å². The molecule has 116 valence electrons. The third-order valence-electron chi connectivity index (χ3n) is 3.15. The first kappa shape index (κ1) is 17.6. The summed E-state index contributed by atoms with van der Waals surface area (Å²) in [5.74, 6) is -0.715. The van der Waals surface area contributed by atoms with Crippen LogP contribution in [0.15, 0.2) is 29.2 Å². The maximum atomic E-state index is 11.7. The van der Waals surface area contributed by atoms with Gasteiger partial charge in [-0.05, 0) is 25.5 Å². The third kappa shape index (κ3) is 7.18. The van der Waals surface area contributed by atoms with E-state index in [-0.39, 0.29) is 12.5 Å². The second-order valence-corrected chi connectivity index (χ2v) is 6.21. The first-order valence-electron chi connectivity index (χ1n) is 7.22. The molecule has 21 heavy (non-hydrogen) atoms. The normalized spacial score (nSPS) is 11.9. The molecule has 0 saturated carbocycles. The monoisotopic (exact) mass is 309 g/mol. The van der Waals surface area contributed by atoms with Crippen molar-refractivity contribution in [3.8, 4) is 0 Å². The third-order valence-corrected chi connectivity index (χ3v) is 4.16. The number of carboxylic acid groups (broad SMARTS) is 1. The van der Waals surface area contributed by atoms with Gasteiger partial charge in [0.25, 0.3) is 0 Å². The zero-order chi connectivity index (χ0) is 15.7. The highest BCUT2D eigenvalue weighted by Gasteiger charge is 2.16. The van der Waals surface area contributed by atoms with Gasteiger partial charge in [-0.3, -0.25) is 9.59 Å². The number of amides is 1. The molecule has 0 aliphatic rings. The van der Waals surface area contributed by atoms with Crippen molar-refractivity contribution in [2.75, 3.05) is 12.3 Å². The Bertz CT molecular complexity index is 459. The van der Waals surface area contributed by atoms with E-state index in [1.807, 2.05) is 38.1 Å². The summed E-state index contributed by atoms with van der Waals surface area (Å²) < 4.78 is 0. The Morgan fingerprint density at radius 2 is 1.95 bits per heavy atom. The first-order valence-corrected chi connectivity index (χ1v) is 8.20. The molecule has 0 aliphatic carbocycles. The van der Waals surface area contributed by atoms with Crippen LogP contribution in [0.1, 0.15) is 31.7 Å². The minimum absolute atomic E-state index is 0.0861. The van der Waals surface area contributed by atoms with Gasteiger partial charge in [0.1, 0.15) is 0 Å². The van der Waals surface area contributed by atoms with Crippen LogP contribution in [0.25, 0.3) is 0 Å². The first-order chi connectivity index (χ1) is 10.0. The predicted octanol–water partition coefficient (Wildman–Crippen LogP) is 3.09. The Labute approximate surface area is 130 Å². The van der Waals surface area contributed by atoms with Gasteiger partial charge in [-0.15, -0.1) is 11.8 Å². The van der Waals surface area contributed by atoms with E-state index < -0.39 is 11.9 Å². The van der Waals surface area contributed by atoms with E-state index in [1.165, 1.54) is 5.56 Å². The number of thioether (sulfide) groups is 1. The minimum atomic E-state index is -0.841. The summed E-state index contributed by atoms with van der Waals surface area (Å²) in [7, 11) is 0. The number of nitrogens with one attached hydrogen (secondary N) is 1. The molecule has 1 aromatic carbocycles. The van der Waals surface area contributed by atoms with Crippen molar-refractivity contribution in [2.24, 2.45) is 5.92 Å². The van der Waals surface area contributed by atoms with Crippen LogP contribution in [0.4, 0.5) is 0 Å². The Morgan fingerprint density at radius 3 is 2.52 bits per heavy atom. The molecular formula is C16H23NO3S. The van der Waals surface area contributed by atoms with Gasteiger partial charge >= 0.3 is 5.97 Å². The van der Waals surface area contributed by atoms with E-state index in [4.69, 9.17) is 5.11 Å². The van der Waals surface area contributed by atoms with Gasteiger partial charge in [-0.2, -0.15) is 0 Å². The SMILES string of the molecule is CCCC(CNC(=O)CCSc1ccc(C)cc1)C(=O)O. The molecule has 0 saturated heterocycles. The van der Waals surface area contributed by atoms with Crippen molar-refractivity contribution >= 4 is 23.6 Å². The van der Waals surface area contributed by atoms with Crippen LogP contribution >= 0.6 is 11.8 Å². The number of hydrogen-bond donors (Lipinski definition) is 2. The highest BCUT2D eigenvalue weighted by Crippen LogP contribution is 2.18. The molecule has 2 N–H and O–H groups in total. The zero-order valence-electron chi connectivity index (χ0n) is 12.6. The summed E-state index contributed by atoms with van der Waals surface area (Å²) in [6, 6.07) is 8.18. The van der Waals surface area contributed by atoms with Crippen molar-refractivity contribution in [2.45, 2.75) is 38.0 Å². The Morgan fingerprint density at radius 1 is 1.29 bits per heavy atom. The fraction of sp³-hybridized carbons (Fsp3) is 0.500. The second kappa shape index (κ2) is 9.45. The molecular weight excluding hydrogens is 286 g/mol. The van der Waals surface area contributed by atoms with E-state index in [2.05, 4.69) is 5.32 Å². The lowest BCUT2D eigenvalue weighted by atomic mass is 10.0. The molecule has 5 heteroatoms. The molecule has 0 aromatic heterocycles. The molecule has 0 radical (unpaired) electrons. The summed E-state index contributed by atoms with van der Waals surface area (Å²) in [6.45, 7) is 4.20. The molecule has 1 atom stereocenters. The second-order valence-electron chi connectivity index (χ2n) is 5.04. The van der Waals surface area contributed by atoms with Crippen molar-refractivity contribution in [1.29, 1.82) is 0 Å². The molecule has 0 bridgehead atoms. The number of carbonyl (C=O) groups excluding carboxylic acids is 1. The van der Waals surface area contributed by atoms with Gasteiger partial charge in [-0.25, -0.2) is 0 Å². The van der Waals surface area contributed by atoms with Gasteiger partial charge in [0.15, 0.2) is 0 Å². The van der Waals surface area contributed by atoms with E-state index in [1.54, 1.807) is 11.8 Å². The fourth-order valence-electron chi connectivity index (χ4n) is 1.88. The molecule has 0 fully saturated rings. The van der Waals surface area contributed by atoms with Crippen molar-refractivity contribution in [1.82, 2.24) is 5.32 Å². The smallest absolute Gasteiger partial charge is 0.308 e. The van der Waals surface area contributed by atoms with Crippen LogP contribution in [0.3, 0.4) is 0 Å². The lowest BCUT2D eigenvalue weighted by molar-refractivity contribution is -0.141. The molecule has 1 unspecified atom stereocenters. The van der Waals surface area contributed by atoms with Crippen LogP contribution < -0.4 is 5.32 Å². The summed E-state index contributed by atoms with van der Waals surface area (Å²) in [6.07, 6.45) is 1.79. The highest BCUT2D eigenvalue weighted by molar-refractivity contribution is 7.99. The van der Waals surface area contributed by atoms with E-state index in [9.17, 15) is 9.59 Å². The number of carboxylic acids is 1. The summed E-state index contributed by atoms with van der Waals surface area (Å²) >= 11 is 1.63. The summed E-state index contributed by atoms with van der Waals surface area (Å²) in [5, 5.41) is 11.7. The fourth-order valence-corrected chi connectivity index (χ4v) is 2.73. The lowest BCUT2D eigenvalue weighted by Gasteiger charge is -2.12. The molecule has 1 rings (SSSR count). The van der Waals surface area contributed by atoms with E-state index >= 15 is 0 Å². The van der Waals surface area contributed by atoms with Crippen molar-refractivity contribution in [3.63, 3.8) is 0 Å². The zero-order valence-corrected chi connectivity index (χ0v) is 13.4. The van der Waals surface area contributed by atoms with Gasteiger partial charge < -0.3 is 10.4 Å². The maximum absolute atomic E-state index is 11.7. The van der Waals surface area contributed by atoms with E-state index in [0.29, 0.717) is 18.6 Å². The Hall–Kier alpha value is -1.49. The molecule has 4 nitrogen and oxygen atoms in total. The average molecular weight is 309 g/mol. The molecule has 0 heterocycles. The topological polar surface area (TPSA) is 66.4 Å². The predicted molar refractivity (Wildman–Crippen MR) is 85.6 cm³/mol. The van der Waals surface area contributed by atoms with Crippen LogP contribution in [0.5, 0.6) is 0 Å². The number of hydrogen-bond acceptors (Lipinski definition) is 3. The highest BCUT2D eigenvalue weighted by atomic mass is 32.2. The number of rotatable bonds is 9. The quantitative estimate of drug-likeness (QED) is 0.688. The van der Waals surface area contributed by atoms with Crippen LogP contribution in [-0.4, -0.2) is 29.3 Å². The van der Waals surface area contributed by atoms with Crippen LogP contribution in [-0.2, 0) is 9.59 Å². The molecule has 0 spiro atoms. The number of benzene rings is 1. The van der Waals surface area contributed by atoms with Gasteiger partial charge in [0, 0.05) is 23.6 Å². The van der Waals surface area contributed by atoms with Crippen molar-refractivity contribution in [3.05, 3.63) is 29.8 Å². The largest absolute Gasteiger partial charge is 0.481 e. The van der Waals surface area contributed by atoms with E-state index in [0.717, 1.165) is 11.3 Å². The number of aliphatic carboxylic acids is 1. The summed E-state index contributed by atoms with van der Waals surface area (Å²) in [4.78, 5) is 23.8. The van der Waals surface area contributed by atoms with Crippen molar-refractivity contribution < 1.29 is 14.7 Å². The summed E-state index contributed by atoms with van der Waals surface area (Å²) in [5.41, 5.74) is 1.22. The van der Waals surface area contributed by atoms with Gasteiger partial charge in [0.2, 0.25) is 5.91 Å². The van der Waals surface area contributed by atoms with Gasteiger partial charge in [0.05, 0.1) is 5.92 Å². The van der Waals surface area contributed by atoms with Crippen LogP contribution in [0.2, 0.25) is 0 Å². The molecule has 0 aliphatic heterocycles. The average Bonchev–Trinajstić information content (AvgIpc) is 2.45. The number of aryl methyl sites for hydroxylation is 1. The Balaban J connectivity index is 2.24. The maximum Gasteiger partial charge on any atom is 0.308 e. The lowest BCUT2D eigenvalue weighted by Crippen LogP contribution is -2.33. The Kier molecular flexibility index (Phi) is 7.90.